The Hall–Kier alpha value is -4.50. The number of benzene rings is 1. The van der Waals surface area contributed by atoms with Crippen LogP contribution in [0.15, 0.2) is 35.5 Å². The minimum atomic E-state index is -5.59. The Balaban J connectivity index is 1.27. The Labute approximate surface area is 380 Å². The fourth-order valence-electron chi connectivity index (χ4n) is 11.4. The Bertz CT molecular complexity index is 2330. The van der Waals surface area contributed by atoms with Gasteiger partial charge in [-0.15, -0.1) is 0 Å². The molecule has 5 fully saturated rings. The molecule has 366 valence electrons. The lowest BCUT2D eigenvalue weighted by molar-refractivity contribution is -0.383. The molecule has 0 aromatic heterocycles. The molecule has 0 unspecified atom stereocenters. The van der Waals surface area contributed by atoms with Gasteiger partial charge in [0.25, 0.3) is 5.69 Å². The highest BCUT2D eigenvalue weighted by Gasteiger charge is 2.67. The normalized spacial score (nSPS) is 34.0. The summed E-state index contributed by atoms with van der Waals surface area (Å²) < 4.78 is 103. The highest BCUT2D eigenvalue weighted by Crippen LogP contribution is 2.70. The van der Waals surface area contributed by atoms with Crippen LogP contribution in [0.3, 0.4) is 0 Å². The van der Waals surface area contributed by atoms with E-state index in [2.05, 4.69) is 21.9 Å². The summed E-state index contributed by atoms with van der Waals surface area (Å²) in [6, 6.07) is 3.67. The van der Waals surface area contributed by atoms with Crippen LogP contribution < -0.4 is 5.32 Å². The standard InChI is InChI=1S/C40H55N5O19S2/c1-20(2)14-32(47)62-35-34(64-66(56,57)58)33(63-65(53,54)55)29(19-59-31(46)6-5-13-42-27-9-8-23(43-44-41)15-28(27)45(51)52)61-38(35)60-24-16-25(37(49)50)26-11-12-40-17-22(21(3)36(40)48)7-10-30(40)39(26,4)18-24/h8-9,15,20,22,24-26,29-30,33-36,38,42,48H,3,5-7,10-14,16-19H2,1-2,4H3,(H,49,50)(H,53,54,55)(H,56,57,58)/t22-,24+,25+,26-,29+,30+,33+,34-,35+,36-,38+,39-,40-/m0/s1. The van der Waals surface area contributed by atoms with Gasteiger partial charge in [-0.3, -0.25) is 33.6 Å². The number of carboxylic acids is 1. The average Bonchev–Trinajstić information content (AvgIpc) is 3.38. The van der Waals surface area contributed by atoms with Gasteiger partial charge in [0.15, 0.2) is 18.5 Å². The van der Waals surface area contributed by atoms with Gasteiger partial charge in [0.1, 0.15) is 24.5 Å². The Morgan fingerprint density at radius 3 is 2.41 bits per heavy atom. The van der Waals surface area contributed by atoms with Crippen molar-refractivity contribution in [3.63, 3.8) is 0 Å². The summed E-state index contributed by atoms with van der Waals surface area (Å²) in [5.41, 5.74) is 7.72. The van der Waals surface area contributed by atoms with Gasteiger partial charge in [-0.25, -0.2) is 8.37 Å². The van der Waals surface area contributed by atoms with Crippen molar-refractivity contribution in [2.45, 2.75) is 128 Å². The van der Waals surface area contributed by atoms with Gasteiger partial charge >= 0.3 is 38.7 Å². The van der Waals surface area contributed by atoms with Crippen LogP contribution in [-0.2, 0) is 62.5 Å². The predicted molar refractivity (Wildman–Crippen MR) is 226 cm³/mol. The number of anilines is 1. The first-order valence-corrected chi connectivity index (χ1v) is 24.2. The summed E-state index contributed by atoms with van der Waals surface area (Å²) >= 11 is 0. The van der Waals surface area contributed by atoms with Gasteiger partial charge in [0, 0.05) is 41.5 Å². The second-order valence-electron chi connectivity index (χ2n) is 18.5. The van der Waals surface area contributed by atoms with E-state index in [9.17, 15) is 60.7 Å². The van der Waals surface area contributed by atoms with Gasteiger partial charge in [-0.05, 0) is 97.6 Å². The van der Waals surface area contributed by atoms with E-state index in [4.69, 9.17) is 32.8 Å². The maximum Gasteiger partial charge on any atom is 0.397 e. The zero-order chi connectivity index (χ0) is 48.5. The van der Waals surface area contributed by atoms with E-state index in [1.54, 1.807) is 13.8 Å². The molecule has 1 heterocycles. The lowest BCUT2D eigenvalue weighted by Crippen LogP contribution is -2.64. The number of hydrogen-bond acceptors (Lipinski definition) is 18. The highest BCUT2D eigenvalue weighted by atomic mass is 32.3. The summed E-state index contributed by atoms with van der Waals surface area (Å²) in [7, 11) is -11.1. The fraction of sp³-hybridized carbons (Fsp3) is 0.725. The van der Waals surface area contributed by atoms with Crippen LogP contribution in [0.4, 0.5) is 17.1 Å². The number of nitro groups is 1. The third kappa shape index (κ3) is 11.3. The smallest absolute Gasteiger partial charge is 0.397 e. The first-order chi connectivity index (χ1) is 30.9. The Morgan fingerprint density at radius 2 is 1.77 bits per heavy atom. The number of carbonyl (C=O) groups is 3. The maximum absolute atomic E-state index is 13.3. The average molecular weight is 974 g/mol. The molecule has 1 spiro atoms. The molecule has 5 N–H and O–H groups in total. The van der Waals surface area contributed by atoms with Crippen molar-refractivity contribution in [1.29, 1.82) is 0 Å². The molecular weight excluding hydrogens is 919 g/mol. The number of carbonyl (C=O) groups excluding carboxylic acids is 2. The fourth-order valence-corrected chi connectivity index (χ4v) is 12.5. The van der Waals surface area contributed by atoms with E-state index in [0.29, 0.717) is 25.7 Å². The Morgan fingerprint density at radius 1 is 1.08 bits per heavy atom. The van der Waals surface area contributed by atoms with Crippen molar-refractivity contribution in [1.82, 2.24) is 0 Å². The quantitative estimate of drug-likeness (QED) is 0.0117. The first-order valence-electron chi connectivity index (χ1n) is 21.5. The van der Waals surface area contributed by atoms with E-state index in [-0.39, 0.29) is 73.7 Å². The van der Waals surface area contributed by atoms with Crippen molar-refractivity contribution >= 4 is 55.8 Å². The zero-order valence-electron chi connectivity index (χ0n) is 36.4. The monoisotopic (exact) mass is 973 g/mol. The van der Waals surface area contributed by atoms with Crippen LogP contribution in [0.2, 0.25) is 0 Å². The number of carboxylic acid groups (broad SMARTS) is 1. The number of esters is 2. The molecule has 26 heteroatoms. The molecule has 66 heavy (non-hydrogen) atoms. The van der Waals surface area contributed by atoms with Crippen LogP contribution in [0.5, 0.6) is 0 Å². The summed E-state index contributed by atoms with van der Waals surface area (Å²) in [6.45, 7) is 8.49. The molecule has 1 aromatic rings. The van der Waals surface area contributed by atoms with Crippen LogP contribution in [-0.4, -0.2) is 115 Å². The largest absolute Gasteiger partial charge is 0.481 e. The number of aliphatic hydroxyl groups excluding tert-OH is 1. The molecule has 24 nitrogen and oxygen atoms in total. The molecule has 0 amide bonds. The predicted octanol–water partition coefficient (Wildman–Crippen LogP) is 4.96. The molecule has 2 bridgehead atoms. The molecule has 0 radical (unpaired) electrons. The van der Waals surface area contributed by atoms with Crippen molar-refractivity contribution in [3.8, 4) is 0 Å². The van der Waals surface area contributed by atoms with Gasteiger partial charge in [-0.1, -0.05) is 38.5 Å². The topological polar surface area (TPSA) is 360 Å². The molecule has 5 aliphatic rings. The zero-order valence-corrected chi connectivity index (χ0v) is 38.0. The minimum absolute atomic E-state index is 0.00107. The van der Waals surface area contributed by atoms with Crippen LogP contribution >= 0.6 is 0 Å². The molecule has 13 atom stereocenters. The molecule has 1 aromatic carbocycles. The number of nitrogens with zero attached hydrogens (tertiary/aromatic N) is 4. The van der Waals surface area contributed by atoms with Gasteiger partial charge in [0.05, 0.1) is 23.0 Å². The van der Waals surface area contributed by atoms with Crippen molar-refractivity contribution in [2.24, 2.45) is 45.5 Å². The lowest BCUT2D eigenvalue weighted by Gasteiger charge is -2.62. The second-order valence-corrected chi connectivity index (χ2v) is 20.6. The molecule has 6 rings (SSSR count). The number of aliphatic carboxylic acids is 1. The third-order valence-electron chi connectivity index (χ3n) is 13.9. The number of aliphatic hydroxyl groups is 1. The first kappa shape index (κ1) is 50.9. The summed E-state index contributed by atoms with van der Waals surface area (Å²) in [4.78, 5) is 52.9. The number of azide groups is 1. The second kappa shape index (κ2) is 20.0. The summed E-state index contributed by atoms with van der Waals surface area (Å²) in [5, 5.41) is 39.9. The van der Waals surface area contributed by atoms with Crippen LogP contribution in [0.25, 0.3) is 10.4 Å². The van der Waals surface area contributed by atoms with Crippen LogP contribution in [0, 0.1) is 50.5 Å². The van der Waals surface area contributed by atoms with E-state index in [0.717, 1.165) is 18.1 Å². The van der Waals surface area contributed by atoms with Gasteiger partial charge in [-0.2, -0.15) is 16.8 Å². The minimum Gasteiger partial charge on any atom is -0.481 e. The van der Waals surface area contributed by atoms with Crippen molar-refractivity contribution in [2.75, 3.05) is 18.5 Å². The molecular formula is C40H55N5O19S2. The molecule has 1 saturated heterocycles. The Kier molecular flexibility index (Phi) is 15.4. The molecule has 1 aliphatic heterocycles. The van der Waals surface area contributed by atoms with E-state index >= 15 is 0 Å². The summed E-state index contributed by atoms with van der Waals surface area (Å²) in [5.74, 6) is -4.76. The highest BCUT2D eigenvalue weighted by molar-refractivity contribution is 7.81. The third-order valence-corrected chi connectivity index (χ3v) is 14.9. The summed E-state index contributed by atoms with van der Waals surface area (Å²) in [6.07, 6.45) is -9.84. The van der Waals surface area contributed by atoms with Crippen LogP contribution in [0.1, 0.15) is 85.0 Å². The van der Waals surface area contributed by atoms with Gasteiger partial charge < -0.3 is 34.5 Å². The van der Waals surface area contributed by atoms with E-state index < -0.39 is 116 Å². The number of ether oxygens (including phenoxy) is 4. The van der Waals surface area contributed by atoms with Crippen molar-refractivity contribution in [3.05, 3.63) is 50.9 Å². The maximum atomic E-state index is 13.3. The SMILES string of the molecule is C=C1[C@H]2CC[C@@H]3[C@@]4(C)C[C@H](O[C@@H]5O[C@H](COC(=O)CCCNc6ccc(N=[N+]=[N-])cc6[N+](=O)[O-])[C@@H](OS(=O)(=O)O)[C@H](OS(=O)(=O)O)[C@H]5OC(=O)CC(C)C)C[C@@H](C(=O)O)[C@@H]4CC[C@@]3(C2)[C@H]1O. The van der Waals surface area contributed by atoms with Crippen molar-refractivity contribution < 1.29 is 82.8 Å². The number of fused-ring (bicyclic) bond motifs is 3. The molecule has 4 saturated carbocycles. The number of hydrogen-bond donors (Lipinski definition) is 5. The number of nitrogens with one attached hydrogen (secondary N) is 1. The lowest BCUT2D eigenvalue weighted by atomic mass is 9.43. The number of rotatable bonds is 19. The van der Waals surface area contributed by atoms with E-state index in [1.807, 2.05) is 6.92 Å². The van der Waals surface area contributed by atoms with Gasteiger partial charge in [0.2, 0.25) is 0 Å². The number of nitro benzene ring substituents is 1. The molecule has 4 aliphatic carbocycles. The van der Waals surface area contributed by atoms with E-state index in [1.165, 1.54) is 12.1 Å².